The maximum atomic E-state index is 12.4. The Bertz CT molecular complexity index is 711. The number of hydrogen-bond donors (Lipinski definition) is 1. The van der Waals surface area contributed by atoms with E-state index in [1.807, 2.05) is 0 Å². The van der Waals surface area contributed by atoms with Crippen molar-refractivity contribution in [2.75, 3.05) is 10.6 Å². The first kappa shape index (κ1) is 16.1. The highest BCUT2D eigenvalue weighted by Gasteiger charge is 2.17. The van der Waals surface area contributed by atoms with E-state index in [1.165, 1.54) is 6.20 Å². The molecule has 1 aromatic heterocycles. The number of nitrogens with zero attached hydrogens (tertiary/aromatic N) is 1. The summed E-state index contributed by atoms with van der Waals surface area (Å²) >= 11 is 11.6. The van der Waals surface area contributed by atoms with Crippen molar-refractivity contribution in [2.24, 2.45) is 0 Å². The quantitative estimate of drug-likeness (QED) is 0.665. The number of benzene rings is 1. The van der Waals surface area contributed by atoms with Crippen LogP contribution in [0.25, 0.3) is 0 Å². The zero-order valence-corrected chi connectivity index (χ0v) is 13.6. The molecule has 0 aliphatic heterocycles. The van der Waals surface area contributed by atoms with Crippen molar-refractivity contribution in [3.63, 3.8) is 0 Å². The molecule has 0 bridgehead atoms. The van der Waals surface area contributed by atoms with Gasteiger partial charge in [0.05, 0.1) is 10.6 Å². The number of rotatable bonds is 5. The van der Waals surface area contributed by atoms with Crippen LogP contribution in [0.2, 0.25) is 5.15 Å². The van der Waals surface area contributed by atoms with Gasteiger partial charge in [-0.05, 0) is 42.7 Å². The van der Waals surface area contributed by atoms with Gasteiger partial charge in [-0.15, -0.1) is 11.6 Å². The average Bonchev–Trinajstić information content (AvgIpc) is 2.44. The first-order chi connectivity index (χ1) is 9.94. The number of aryl methyl sites for hydroxylation is 2. The van der Waals surface area contributed by atoms with Gasteiger partial charge in [0, 0.05) is 12.1 Å². The van der Waals surface area contributed by atoms with Gasteiger partial charge in [0.2, 0.25) is 0 Å². The van der Waals surface area contributed by atoms with Gasteiger partial charge in [0.15, 0.2) is 5.15 Å². The highest BCUT2D eigenvalue weighted by molar-refractivity contribution is 7.92. The van der Waals surface area contributed by atoms with Gasteiger partial charge in [-0.3, -0.25) is 4.72 Å². The van der Waals surface area contributed by atoms with Crippen molar-refractivity contribution >= 4 is 38.9 Å². The van der Waals surface area contributed by atoms with Crippen LogP contribution in [0, 0.1) is 6.92 Å². The van der Waals surface area contributed by atoms with Crippen LogP contribution < -0.4 is 4.72 Å². The molecular weight excluding hydrogens is 331 g/mol. The van der Waals surface area contributed by atoms with E-state index in [9.17, 15) is 8.42 Å². The Hall–Kier alpha value is -1.30. The van der Waals surface area contributed by atoms with Crippen LogP contribution in [0.15, 0.2) is 41.4 Å². The summed E-state index contributed by atoms with van der Waals surface area (Å²) in [5, 5.41) is 0.123. The van der Waals surface area contributed by atoms with Crippen LogP contribution in [0.5, 0.6) is 0 Å². The maximum absolute atomic E-state index is 12.4. The van der Waals surface area contributed by atoms with Gasteiger partial charge >= 0.3 is 0 Å². The molecule has 0 spiro atoms. The fourth-order valence-electron chi connectivity index (χ4n) is 1.79. The summed E-state index contributed by atoms with van der Waals surface area (Å²) in [6, 6.07) is 8.27. The van der Waals surface area contributed by atoms with Crippen molar-refractivity contribution in [3.8, 4) is 0 Å². The number of alkyl halides is 1. The third-order valence-corrected chi connectivity index (χ3v) is 4.81. The molecule has 0 amide bonds. The molecule has 2 aromatic rings. The van der Waals surface area contributed by atoms with Crippen LogP contribution in [-0.2, 0) is 16.4 Å². The summed E-state index contributed by atoms with van der Waals surface area (Å²) in [5.74, 6) is 0.495. The van der Waals surface area contributed by atoms with Crippen LogP contribution in [0.4, 0.5) is 5.69 Å². The molecular formula is C14H14Cl2N2O2S. The van der Waals surface area contributed by atoms with Gasteiger partial charge in [-0.1, -0.05) is 23.7 Å². The third kappa shape index (κ3) is 3.87. The molecule has 7 heteroatoms. The Kier molecular flexibility index (Phi) is 5.08. The summed E-state index contributed by atoms with van der Waals surface area (Å²) in [4.78, 5) is 4.05. The Balaban J connectivity index is 2.30. The van der Waals surface area contributed by atoms with Crippen molar-refractivity contribution < 1.29 is 8.42 Å². The maximum Gasteiger partial charge on any atom is 0.262 e. The van der Waals surface area contributed by atoms with E-state index >= 15 is 0 Å². The zero-order chi connectivity index (χ0) is 15.5. The minimum Gasteiger partial charge on any atom is -0.276 e. The molecule has 1 N–H and O–H groups in total. The molecule has 0 aliphatic carbocycles. The summed E-state index contributed by atoms with van der Waals surface area (Å²) in [5.41, 5.74) is 1.99. The number of sulfonamides is 1. The molecule has 0 saturated carbocycles. The third-order valence-electron chi connectivity index (χ3n) is 2.97. The molecule has 0 fully saturated rings. The molecule has 0 atom stereocenters. The number of hydrogen-bond acceptors (Lipinski definition) is 3. The molecule has 2 rings (SSSR count). The van der Waals surface area contributed by atoms with Crippen LogP contribution in [-0.4, -0.2) is 19.3 Å². The molecule has 1 heterocycles. The SMILES string of the molecule is Cc1ccnc(Cl)c1NS(=O)(=O)c1ccc(CCCl)cc1. The lowest BCUT2D eigenvalue weighted by Crippen LogP contribution is -2.14. The van der Waals surface area contributed by atoms with Gasteiger partial charge in [0.1, 0.15) is 0 Å². The molecule has 21 heavy (non-hydrogen) atoms. The molecule has 1 aromatic carbocycles. The van der Waals surface area contributed by atoms with E-state index in [0.29, 0.717) is 23.6 Å². The average molecular weight is 345 g/mol. The topological polar surface area (TPSA) is 59.1 Å². The van der Waals surface area contributed by atoms with E-state index in [0.717, 1.165) is 5.56 Å². The molecule has 0 saturated heterocycles. The van der Waals surface area contributed by atoms with Gasteiger partial charge in [-0.2, -0.15) is 0 Å². The normalized spacial score (nSPS) is 11.4. The van der Waals surface area contributed by atoms with E-state index in [2.05, 4.69) is 9.71 Å². The minimum absolute atomic E-state index is 0.123. The summed E-state index contributed by atoms with van der Waals surface area (Å²) < 4.78 is 27.2. The molecule has 4 nitrogen and oxygen atoms in total. The van der Waals surface area contributed by atoms with Crippen LogP contribution in [0.3, 0.4) is 0 Å². The summed E-state index contributed by atoms with van der Waals surface area (Å²) in [6.45, 7) is 1.76. The Morgan fingerprint density at radius 3 is 2.43 bits per heavy atom. The van der Waals surface area contributed by atoms with E-state index < -0.39 is 10.0 Å². The fourth-order valence-corrected chi connectivity index (χ4v) is 3.45. The number of halogens is 2. The highest BCUT2D eigenvalue weighted by atomic mass is 35.5. The minimum atomic E-state index is -3.70. The standard InChI is InChI=1S/C14H14Cl2N2O2S/c1-10-7-9-17-14(16)13(10)18-21(19,20)12-4-2-11(3-5-12)6-8-15/h2-5,7,9,18H,6,8H2,1H3. The zero-order valence-electron chi connectivity index (χ0n) is 11.3. The number of pyridine rings is 1. The first-order valence-corrected chi connectivity index (χ1v) is 8.62. The van der Waals surface area contributed by atoms with Crippen LogP contribution in [0.1, 0.15) is 11.1 Å². The summed E-state index contributed by atoms with van der Waals surface area (Å²) in [6.07, 6.45) is 2.22. The monoisotopic (exact) mass is 344 g/mol. The van der Waals surface area contributed by atoms with E-state index in [1.54, 1.807) is 37.3 Å². The Labute approximate surface area is 134 Å². The molecule has 0 aliphatic rings. The lowest BCUT2D eigenvalue weighted by molar-refractivity contribution is 0.601. The molecule has 0 unspecified atom stereocenters. The Morgan fingerprint density at radius 2 is 1.86 bits per heavy atom. The fraction of sp³-hybridized carbons (Fsp3) is 0.214. The smallest absolute Gasteiger partial charge is 0.262 e. The van der Waals surface area contributed by atoms with E-state index in [4.69, 9.17) is 23.2 Å². The first-order valence-electron chi connectivity index (χ1n) is 6.23. The second kappa shape index (κ2) is 6.64. The largest absolute Gasteiger partial charge is 0.276 e. The van der Waals surface area contributed by atoms with Gasteiger partial charge < -0.3 is 0 Å². The second-order valence-electron chi connectivity index (χ2n) is 4.48. The summed E-state index contributed by atoms with van der Waals surface area (Å²) in [7, 11) is -3.70. The lowest BCUT2D eigenvalue weighted by Gasteiger charge is -2.11. The van der Waals surface area contributed by atoms with E-state index in [-0.39, 0.29) is 10.0 Å². The number of anilines is 1. The van der Waals surface area contributed by atoms with Crippen molar-refractivity contribution in [1.82, 2.24) is 4.98 Å². The highest BCUT2D eigenvalue weighted by Crippen LogP contribution is 2.26. The number of nitrogens with one attached hydrogen (secondary N) is 1. The number of aromatic nitrogens is 1. The molecule has 112 valence electrons. The lowest BCUT2D eigenvalue weighted by atomic mass is 10.2. The Morgan fingerprint density at radius 1 is 1.19 bits per heavy atom. The van der Waals surface area contributed by atoms with Crippen molar-refractivity contribution in [1.29, 1.82) is 0 Å². The van der Waals surface area contributed by atoms with Crippen LogP contribution >= 0.6 is 23.2 Å². The predicted octanol–water partition coefficient (Wildman–Crippen LogP) is 3.63. The van der Waals surface area contributed by atoms with Gasteiger partial charge in [0.25, 0.3) is 10.0 Å². The second-order valence-corrected chi connectivity index (χ2v) is 6.90. The molecule has 0 radical (unpaired) electrons. The van der Waals surface area contributed by atoms with Crippen molar-refractivity contribution in [2.45, 2.75) is 18.2 Å². The van der Waals surface area contributed by atoms with Crippen molar-refractivity contribution in [3.05, 3.63) is 52.8 Å². The van der Waals surface area contributed by atoms with Gasteiger partial charge in [-0.25, -0.2) is 13.4 Å². The predicted molar refractivity (Wildman–Crippen MR) is 85.7 cm³/mol.